The second kappa shape index (κ2) is 6.65. The molecular weight excluding hydrogens is 242 g/mol. The molecule has 1 heterocycles. The lowest BCUT2D eigenvalue weighted by Gasteiger charge is -2.35. The number of ether oxygens (including phenoxy) is 1. The monoisotopic (exact) mass is 263 g/mol. The Labute approximate surface area is 113 Å². The van der Waals surface area contributed by atoms with E-state index in [0.717, 1.165) is 12.1 Å². The van der Waals surface area contributed by atoms with Gasteiger partial charge in [0.05, 0.1) is 13.2 Å². The molecule has 19 heavy (non-hydrogen) atoms. The number of nitrogens with one attached hydrogen (secondary N) is 1. The molecule has 0 radical (unpaired) electrons. The molecule has 1 aliphatic rings. The molecule has 2 rings (SSSR count). The van der Waals surface area contributed by atoms with E-state index in [2.05, 4.69) is 10.2 Å². The first-order valence-electron chi connectivity index (χ1n) is 6.56. The van der Waals surface area contributed by atoms with E-state index in [-0.39, 0.29) is 18.0 Å². The van der Waals surface area contributed by atoms with Crippen LogP contribution in [0.2, 0.25) is 0 Å². The molecule has 2 unspecified atom stereocenters. The molecule has 104 valence electrons. The highest BCUT2D eigenvalue weighted by Crippen LogP contribution is 2.15. The Bertz CT molecular complexity index is 410. The minimum Gasteiger partial charge on any atom is -0.378 e. The number of rotatable bonds is 4. The van der Waals surface area contributed by atoms with Gasteiger partial charge in [0, 0.05) is 26.2 Å². The van der Waals surface area contributed by atoms with E-state index in [0.29, 0.717) is 19.8 Å². The average Bonchev–Trinajstić information content (AvgIpc) is 2.48. The number of nitrogens with zero attached hydrogens (tertiary/aromatic N) is 1. The molecule has 0 saturated carbocycles. The number of carbonyl (C=O) groups is 1. The van der Waals surface area contributed by atoms with E-state index in [1.54, 1.807) is 7.05 Å². The zero-order valence-electron chi connectivity index (χ0n) is 11.2. The van der Waals surface area contributed by atoms with Gasteiger partial charge in [-0.2, -0.15) is 0 Å². The van der Waals surface area contributed by atoms with Gasteiger partial charge in [0.15, 0.2) is 0 Å². The smallest absolute Gasteiger partial charge is 0.239 e. The third-order valence-corrected chi connectivity index (χ3v) is 3.45. The summed E-state index contributed by atoms with van der Waals surface area (Å²) in [5, 5.41) is 2.68. The number of hydrogen-bond acceptors (Lipinski definition) is 4. The first-order valence-corrected chi connectivity index (χ1v) is 6.56. The highest BCUT2D eigenvalue weighted by molar-refractivity contribution is 5.81. The van der Waals surface area contributed by atoms with Crippen LogP contribution in [0.4, 0.5) is 0 Å². The van der Waals surface area contributed by atoms with Crippen LogP contribution in [0, 0.1) is 0 Å². The molecule has 0 aromatic heterocycles. The quantitative estimate of drug-likeness (QED) is 0.810. The topological polar surface area (TPSA) is 67.6 Å². The minimum atomic E-state index is -0.242. The predicted octanol–water partition coefficient (Wildman–Crippen LogP) is 0.133. The van der Waals surface area contributed by atoms with Gasteiger partial charge in [-0.25, -0.2) is 0 Å². The Morgan fingerprint density at radius 1 is 1.53 bits per heavy atom. The maximum Gasteiger partial charge on any atom is 0.239 e. The first-order chi connectivity index (χ1) is 9.22. The van der Waals surface area contributed by atoms with Crippen molar-refractivity contribution in [3.63, 3.8) is 0 Å². The number of likely N-dealkylation sites (N-methyl/N-ethyl adjacent to an activating group) is 1. The summed E-state index contributed by atoms with van der Waals surface area (Å²) in [6, 6.07) is 9.62. The van der Waals surface area contributed by atoms with Crippen molar-refractivity contribution in [3.05, 3.63) is 35.9 Å². The number of hydrogen-bond donors (Lipinski definition) is 2. The molecule has 0 bridgehead atoms. The lowest BCUT2D eigenvalue weighted by Crippen LogP contribution is -2.54. The second-order valence-corrected chi connectivity index (χ2v) is 4.72. The number of nitrogens with two attached hydrogens (primary N) is 1. The summed E-state index contributed by atoms with van der Waals surface area (Å²) in [6.45, 7) is 2.47. The van der Waals surface area contributed by atoms with Gasteiger partial charge >= 0.3 is 0 Å². The van der Waals surface area contributed by atoms with Crippen molar-refractivity contribution >= 4 is 5.91 Å². The summed E-state index contributed by atoms with van der Waals surface area (Å²) in [7, 11) is 1.65. The van der Waals surface area contributed by atoms with E-state index in [1.165, 1.54) is 0 Å². The third kappa shape index (κ3) is 3.53. The molecule has 3 N–H and O–H groups in total. The SMILES string of the molecule is CNC(=O)C1COCCN1CC(N)c1ccccc1. The molecular formula is C14H21N3O2. The number of amides is 1. The third-order valence-electron chi connectivity index (χ3n) is 3.45. The van der Waals surface area contributed by atoms with Crippen molar-refractivity contribution in [1.82, 2.24) is 10.2 Å². The van der Waals surface area contributed by atoms with E-state index in [9.17, 15) is 4.79 Å². The number of benzene rings is 1. The molecule has 5 nitrogen and oxygen atoms in total. The highest BCUT2D eigenvalue weighted by Gasteiger charge is 2.29. The molecule has 1 aromatic carbocycles. The summed E-state index contributed by atoms with van der Waals surface area (Å²) in [4.78, 5) is 13.9. The van der Waals surface area contributed by atoms with Crippen molar-refractivity contribution in [2.45, 2.75) is 12.1 Å². The minimum absolute atomic E-state index is 0.0139. The van der Waals surface area contributed by atoms with Gasteiger partial charge in [-0.3, -0.25) is 9.69 Å². The van der Waals surface area contributed by atoms with Gasteiger partial charge in [-0.15, -0.1) is 0 Å². The lowest BCUT2D eigenvalue weighted by atomic mass is 10.1. The lowest BCUT2D eigenvalue weighted by molar-refractivity contribution is -0.132. The highest BCUT2D eigenvalue weighted by atomic mass is 16.5. The Morgan fingerprint density at radius 2 is 2.26 bits per heavy atom. The van der Waals surface area contributed by atoms with Crippen molar-refractivity contribution in [1.29, 1.82) is 0 Å². The van der Waals surface area contributed by atoms with Gasteiger partial charge in [-0.05, 0) is 5.56 Å². The molecule has 1 aliphatic heterocycles. The Hall–Kier alpha value is -1.43. The summed E-state index contributed by atoms with van der Waals surface area (Å²) in [5.74, 6) is -0.0139. The predicted molar refractivity (Wildman–Crippen MR) is 73.6 cm³/mol. The van der Waals surface area contributed by atoms with Crippen molar-refractivity contribution in [2.24, 2.45) is 5.73 Å². The maximum absolute atomic E-state index is 11.8. The Kier molecular flexibility index (Phi) is 4.90. The Morgan fingerprint density at radius 3 is 2.95 bits per heavy atom. The molecule has 1 saturated heterocycles. The van der Waals surface area contributed by atoms with E-state index in [1.807, 2.05) is 30.3 Å². The summed E-state index contributed by atoms with van der Waals surface area (Å²) in [5.41, 5.74) is 7.30. The fraction of sp³-hybridized carbons (Fsp3) is 0.500. The molecule has 5 heteroatoms. The van der Waals surface area contributed by atoms with Crippen LogP contribution in [-0.4, -0.2) is 50.2 Å². The molecule has 2 atom stereocenters. The van der Waals surface area contributed by atoms with Crippen LogP contribution in [0.3, 0.4) is 0 Å². The maximum atomic E-state index is 11.8. The molecule has 0 spiro atoms. The van der Waals surface area contributed by atoms with Crippen LogP contribution in [-0.2, 0) is 9.53 Å². The first kappa shape index (κ1) is 14.0. The summed E-state index contributed by atoms with van der Waals surface area (Å²) < 4.78 is 5.38. The average molecular weight is 263 g/mol. The van der Waals surface area contributed by atoms with Gasteiger partial charge in [0.25, 0.3) is 0 Å². The van der Waals surface area contributed by atoms with Crippen molar-refractivity contribution in [2.75, 3.05) is 33.4 Å². The van der Waals surface area contributed by atoms with Crippen molar-refractivity contribution in [3.8, 4) is 0 Å². The van der Waals surface area contributed by atoms with E-state index in [4.69, 9.17) is 10.5 Å². The molecule has 1 aromatic rings. The van der Waals surface area contributed by atoms with Crippen LogP contribution in [0.5, 0.6) is 0 Å². The fourth-order valence-corrected chi connectivity index (χ4v) is 2.32. The normalized spacial score (nSPS) is 21.9. The zero-order valence-corrected chi connectivity index (χ0v) is 11.2. The van der Waals surface area contributed by atoms with Gasteiger partial charge in [0.2, 0.25) is 5.91 Å². The van der Waals surface area contributed by atoms with Crippen LogP contribution < -0.4 is 11.1 Å². The zero-order chi connectivity index (χ0) is 13.7. The second-order valence-electron chi connectivity index (χ2n) is 4.72. The largest absolute Gasteiger partial charge is 0.378 e. The standard InChI is InChI=1S/C14H21N3O2/c1-16-14(18)13-10-19-8-7-17(13)9-12(15)11-5-3-2-4-6-11/h2-6,12-13H,7-10,15H2,1H3,(H,16,18). The number of morpholine rings is 1. The van der Waals surface area contributed by atoms with E-state index >= 15 is 0 Å². The van der Waals surface area contributed by atoms with Crippen LogP contribution in [0.25, 0.3) is 0 Å². The summed E-state index contributed by atoms with van der Waals surface area (Å²) in [6.07, 6.45) is 0. The van der Waals surface area contributed by atoms with Gasteiger partial charge in [0.1, 0.15) is 6.04 Å². The molecule has 0 aliphatic carbocycles. The van der Waals surface area contributed by atoms with Crippen LogP contribution in [0.15, 0.2) is 30.3 Å². The summed E-state index contributed by atoms with van der Waals surface area (Å²) >= 11 is 0. The van der Waals surface area contributed by atoms with Gasteiger partial charge in [-0.1, -0.05) is 30.3 Å². The molecule has 1 fully saturated rings. The van der Waals surface area contributed by atoms with Gasteiger partial charge < -0.3 is 15.8 Å². The fourth-order valence-electron chi connectivity index (χ4n) is 2.32. The van der Waals surface area contributed by atoms with Crippen molar-refractivity contribution < 1.29 is 9.53 Å². The Balaban J connectivity index is 2.01. The van der Waals surface area contributed by atoms with E-state index < -0.39 is 0 Å². The number of carbonyl (C=O) groups excluding carboxylic acids is 1. The van der Waals surface area contributed by atoms with Crippen LogP contribution in [0.1, 0.15) is 11.6 Å². The molecule has 1 amide bonds. The van der Waals surface area contributed by atoms with Crippen LogP contribution >= 0.6 is 0 Å².